The average molecular weight is 386 g/mol. The molecule has 1 heterocycles. The van der Waals surface area contributed by atoms with E-state index in [1.807, 2.05) is 0 Å². The van der Waals surface area contributed by atoms with E-state index in [0.29, 0.717) is 30.0 Å². The van der Waals surface area contributed by atoms with E-state index < -0.39 is 17.5 Å². The van der Waals surface area contributed by atoms with Crippen LogP contribution in [0.5, 0.6) is 0 Å². The first-order valence-electron chi connectivity index (χ1n) is 9.47. The van der Waals surface area contributed by atoms with Crippen molar-refractivity contribution < 1.29 is 19.2 Å². The van der Waals surface area contributed by atoms with Crippen molar-refractivity contribution in [2.24, 2.45) is 5.92 Å². The molecule has 0 atom stereocenters. The molecule has 0 radical (unpaired) electrons. The second-order valence-corrected chi connectivity index (χ2v) is 7.91. The molecule has 2 aliphatic rings. The van der Waals surface area contributed by atoms with Crippen LogP contribution < -0.4 is 10.6 Å². The summed E-state index contributed by atoms with van der Waals surface area (Å²) in [5.41, 5.74) is 0.0149. The van der Waals surface area contributed by atoms with Crippen molar-refractivity contribution in [1.82, 2.24) is 15.1 Å². The SMILES string of the molecule is CC1CCC2(CC1)NC(=O)N(CC(=O)Nc1cccc(C(=O)N(C)C)c1)C2=O. The van der Waals surface area contributed by atoms with Gasteiger partial charge in [0.1, 0.15) is 12.1 Å². The maximum absolute atomic E-state index is 12.8. The number of benzene rings is 1. The maximum Gasteiger partial charge on any atom is 0.325 e. The monoisotopic (exact) mass is 386 g/mol. The average Bonchev–Trinajstić information content (AvgIpc) is 2.88. The van der Waals surface area contributed by atoms with Gasteiger partial charge in [0, 0.05) is 25.3 Å². The number of anilines is 1. The Morgan fingerprint density at radius 3 is 2.57 bits per heavy atom. The summed E-state index contributed by atoms with van der Waals surface area (Å²) in [6.07, 6.45) is 2.95. The summed E-state index contributed by atoms with van der Waals surface area (Å²) < 4.78 is 0. The zero-order chi connectivity index (χ0) is 20.5. The molecule has 2 N–H and O–H groups in total. The third kappa shape index (κ3) is 3.85. The van der Waals surface area contributed by atoms with E-state index in [1.165, 1.54) is 4.90 Å². The Morgan fingerprint density at radius 2 is 1.93 bits per heavy atom. The van der Waals surface area contributed by atoms with E-state index in [0.717, 1.165) is 17.7 Å². The second-order valence-electron chi connectivity index (χ2n) is 7.91. The minimum Gasteiger partial charge on any atom is -0.345 e. The lowest BCUT2D eigenvalue weighted by molar-refractivity contribution is -0.135. The fraction of sp³-hybridized carbons (Fsp3) is 0.500. The number of urea groups is 1. The fourth-order valence-electron chi connectivity index (χ4n) is 3.75. The highest BCUT2D eigenvalue weighted by atomic mass is 16.2. The van der Waals surface area contributed by atoms with Crippen molar-refractivity contribution in [1.29, 1.82) is 0 Å². The predicted molar refractivity (Wildman–Crippen MR) is 104 cm³/mol. The van der Waals surface area contributed by atoms with Gasteiger partial charge >= 0.3 is 6.03 Å². The zero-order valence-corrected chi connectivity index (χ0v) is 16.4. The summed E-state index contributed by atoms with van der Waals surface area (Å²) in [7, 11) is 3.29. The van der Waals surface area contributed by atoms with Crippen LogP contribution in [0.25, 0.3) is 0 Å². The van der Waals surface area contributed by atoms with Gasteiger partial charge < -0.3 is 15.5 Å². The molecule has 3 rings (SSSR count). The topological polar surface area (TPSA) is 98.8 Å². The summed E-state index contributed by atoms with van der Waals surface area (Å²) >= 11 is 0. The van der Waals surface area contributed by atoms with E-state index in [4.69, 9.17) is 0 Å². The quantitative estimate of drug-likeness (QED) is 0.771. The van der Waals surface area contributed by atoms with E-state index >= 15 is 0 Å². The second kappa shape index (κ2) is 7.61. The van der Waals surface area contributed by atoms with Crippen LogP contribution in [0.3, 0.4) is 0 Å². The van der Waals surface area contributed by atoms with E-state index in [9.17, 15) is 19.2 Å². The van der Waals surface area contributed by atoms with Gasteiger partial charge in [-0.1, -0.05) is 13.0 Å². The maximum atomic E-state index is 12.8. The number of nitrogens with zero attached hydrogens (tertiary/aromatic N) is 2. The standard InChI is InChI=1S/C20H26N4O4/c1-13-7-9-20(10-8-13)18(27)24(19(28)22-20)12-16(25)21-15-6-4-5-14(11-15)17(26)23(2)3/h4-6,11,13H,7-10,12H2,1-3H3,(H,21,25)(H,22,28). The lowest BCUT2D eigenvalue weighted by Gasteiger charge is -2.33. The third-order valence-corrected chi connectivity index (χ3v) is 5.47. The van der Waals surface area contributed by atoms with Crippen LogP contribution in [-0.2, 0) is 9.59 Å². The van der Waals surface area contributed by atoms with Gasteiger partial charge in [-0.2, -0.15) is 0 Å². The first kappa shape index (κ1) is 19.9. The molecule has 150 valence electrons. The smallest absolute Gasteiger partial charge is 0.325 e. The summed E-state index contributed by atoms with van der Waals surface area (Å²) in [6.45, 7) is 1.78. The highest BCUT2D eigenvalue weighted by Gasteiger charge is 2.52. The number of hydrogen-bond acceptors (Lipinski definition) is 4. The first-order valence-corrected chi connectivity index (χ1v) is 9.47. The molecule has 1 aromatic rings. The highest BCUT2D eigenvalue weighted by Crippen LogP contribution is 2.36. The van der Waals surface area contributed by atoms with Gasteiger partial charge in [0.25, 0.3) is 11.8 Å². The summed E-state index contributed by atoms with van der Waals surface area (Å²) in [5.74, 6) is -0.459. The van der Waals surface area contributed by atoms with Crippen molar-refractivity contribution in [3.05, 3.63) is 29.8 Å². The molecule has 1 spiro atoms. The molecule has 1 aliphatic carbocycles. The lowest BCUT2D eigenvalue weighted by atomic mass is 9.77. The first-order chi connectivity index (χ1) is 13.2. The van der Waals surface area contributed by atoms with Gasteiger partial charge in [0.15, 0.2) is 0 Å². The van der Waals surface area contributed by atoms with Crippen LogP contribution >= 0.6 is 0 Å². The number of carbonyl (C=O) groups is 4. The van der Waals surface area contributed by atoms with Crippen molar-refractivity contribution in [2.45, 2.75) is 38.1 Å². The summed E-state index contributed by atoms with van der Waals surface area (Å²) in [4.78, 5) is 52.0. The molecule has 0 bridgehead atoms. The van der Waals surface area contributed by atoms with Crippen LogP contribution in [0, 0.1) is 5.92 Å². The van der Waals surface area contributed by atoms with Gasteiger partial charge in [0.05, 0.1) is 0 Å². The van der Waals surface area contributed by atoms with Crippen molar-refractivity contribution in [3.8, 4) is 0 Å². The lowest BCUT2D eigenvalue weighted by Crippen LogP contribution is -2.49. The normalized spacial score (nSPS) is 24.2. The number of rotatable bonds is 4. The van der Waals surface area contributed by atoms with Crippen LogP contribution in [0.15, 0.2) is 24.3 Å². The van der Waals surface area contributed by atoms with Gasteiger partial charge in [-0.05, 0) is 49.8 Å². The van der Waals surface area contributed by atoms with E-state index in [1.54, 1.807) is 38.4 Å². The number of imide groups is 1. The van der Waals surface area contributed by atoms with Gasteiger partial charge in [-0.25, -0.2) is 4.79 Å². The Labute approximate surface area is 164 Å². The number of amides is 5. The molecule has 8 heteroatoms. The molecule has 1 aliphatic heterocycles. The Kier molecular flexibility index (Phi) is 5.40. The Balaban J connectivity index is 1.65. The van der Waals surface area contributed by atoms with Crippen molar-refractivity contribution in [3.63, 3.8) is 0 Å². The van der Waals surface area contributed by atoms with E-state index in [2.05, 4.69) is 17.6 Å². The van der Waals surface area contributed by atoms with Crippen LogP contribution in [0.1, 0.15) is 43.0 Å². The molecule has 2 fully saturated rings. The van der Waals surface area contributed by atoms with Crippen molar-refractivity contribution >= 4 is 29.4 Å². The predicted octanol–water partition coefficient (Wildman–Crippen LogP) is 1.83. The molecule has 8 nitrogen and oxygen atoms in total. The summed E-state index contributed by atoms with van der Waals surface area (Å²) in [6, 6.07) is 6.02. The molecule has 0 aromatic heterocycles. The number of hydrogen-bond donors (Lipinski definition) is 2. The van der Waals surface area contributed by atoms with Gasteiger partial charge in [-0.15, -0.1) is 0 Å². The van der Waals surface area contributed by atoms with Gasteiger partial charge in [0.2, 0.25) is 5.91 Å². The Bertz CT molecular complexity index is 812. The Hall–Kier alpha value is -2.90. The molecular formula is C20H26N4O4. The fourth-order valence-corrected chi connectivity index (χ4v) is 3.75. The zero-order valence-electron chi connectivity index (χ0n) is 16.4. The number of carbonyl (C=O) groups excluding carboxylic acids is 4. The van der Waals surface area contributed by atoms with Crippen LogP contribution in [-0.4, -0.2) is 59.7 Å². The molecule has 1 saturated carbocycles. The molecule has 28 heavy (non-hydrogen) atoms. The third-order valence-electron chi connectivity index (χ3n) is 5.47. The molecule has 1 aromatic carbocycles. The van der Waals surface area contributed by atoms with Crippen LogP contribution in [0.2, 0.25) is 0 Å². The molecule has 0 unspecified atom stereocenters. The molecule has 5 amide bonds. The highest BCUT2D eigenvalue weighted by molar-refractivity contribution is 6.10. The van der Waals surface area contributed by atoms with Gasteiger partial charge in [-0.3, -0.25) is 19.3 Å². The Morgan fingerprint density at radius 1 is 1.25 bits per heavy atom. The summed E-state index contributed by atoms with van der Waals surface area (Å²) in [5, 5.41) is 5.46. The minimum absolute atomic E-state index is 0.182. The van der Waals surface area contributed by atoms with Crippen molar-refractivity contribution in [2.75, 3.05) is 26.0 Å². The van der Waals surface area contributed by atoms with E-state index in [-0.39, 0.29) is 18.4 Å². The minimum atomic E-state index is -0.859. The largest absolute Gasteiger partial charge is 0.345 e. The van der Waals surface area contributed by atoms with Crippen LogP contribution in [0.4, 0.5) is 10.5 Å². The molecular weight excluding hydrogens is 360 g/mol. The molecule has 1 saturated heterocycles. The number of nitrogens with one attached hydrogen (secondary N) is 2.